The molecule has 5 heteroatoms. The van der Waals surface area contributed by atoms with E-state index in [4.69, 9.17) is 9.16 Å². The molecule has 2 aliphatic heterocycles. The van der Waals surface area contributed by atoms with Crippen molar-refractivity contribution in [2.75, 3.05) is 13.2 Å². The fourth-order valence-electron chi connectivity index (χ4n) is 5.29. The second-order valence-electron chi connectivity index (χ2n) is 9.50. The number of hydrogen-bond acceptors (Lipinski definition) is 3. The van der Waals surface area contributed by atoms with Crippen molar-refractivity contribution in [3.05, 3.63) is 60.7 Å². The molecule has 0 bridgehead atoms. The number of benzene rings is 2. The SMILES string of the molecule is CC(C)(C)[Si](OCC[C@H]1CC[C@H]2CCOC(=O)N21)(c1ccccc1)c1ccccc1. The first-order valence-corrected chi connectivity index (χ1v) is 13.0. The molecule has 2 atom stereocenters. The van der Waals surface area contributed by atoms with E-state index >= 15 is 0 Å². The van der Waals surface area contributed by atoms with Crippen molar-refractivity contribution in [3.8, 4) is 0 Å². The second kappa shape index (κ2) is 8.56. The number of nitrogens with zero attached hydrogens (tertiary/aromatic N) is 1. The summed E-state index contributed by atoms with van der Waals surface area (Å²) in [4.78, 5) is 14.3. The zero-order valence-corrected chi connectivity index (χ0v) is 19.3. The summed E-state index contributed by atoms with van der Waals surface area (Å²) in [5.74, 6) is 0. The highest BCUT2D eigenvalue weighted by molar-refractivity contribution is 6.99. The minimum Gasteiger partial charge on any atom is -0.449 e. The van der Waals surface area contributed by atoms with E-state index in [-0.39, 0.29) is 17.2 Å². The molecule has 2 saturated heterocycles. The minimum absolute atomic E-state index is 0.0298. The van der Waals surface area contributed by atoms with E-state index in [1.807, 2.05) is 4.90 Å². The number of rotatable bonds is 6. The number of ether oxygens (including phenoxy) is 1. The molecule has 30 heavy (non-hydrogen) atoms. The Bertz CT molecular complexity index is 810. The van der Waals surface area contributed by atoms with Crippen molar-refractivity contribution >= 4 is 24.8 Å². The molecular formula is C25H33NO3Si. The molecule has 4 rings (SSSR count). The molecule has 0 saturated carbocycles. The van der Waals surface area contributed by atoms with Crippen LogP contribution in [0.1, 0.15) is 46.5 Å². The van der Waals surface area contributed by atoms with Gasteiger partial charge in [-0.2, -0.15) is 0 Å². The summed E-state index contributed by atoms with van der Waals surface area (Å²) in [6.07, 6.45) is 3.80. The summed E-state index contributed by atoms with van der Waals surface area (Å²) >= 11 is 0. The van der Waals surface area contributed by atoms with Crippen LogP contribution in [0.15, 0.2) is 60.7 Å². The summed E-state index contributed by atoms with van der Waals surface area (Å²) in [5.41, 5.74) is 0. The van der Waals surface area contributed by atoms with Crippen LogP contribution in [-0.4, -0.2) is 44.6 Å². The molecule has 2 aliphatic rings. The Morgan fingerprint density at radius 2 is 1.57 bits per heavy atom. The summed E-state index contributed by atoms with van der Waals surface area (Å²) < 4.78 is 12.3. The third-order valence-corrected chi connectivity index (χ3v) is 11.7. The van der Waals surface area contributed by atoms with Gasteiger partial charge in [-0.15, -0.1) is 0 Å². The maximum atomic E-state index is 12.3. The van der Waals surface area contributed by atoms with E-state index in [9.17, 15) is 4.79 Å². The van der Waals surface area contributed by atoms with Crippen LogP contribution < -0.4 is 10.4 Å². The third kappa shape index (κ3) is 3.81. The Morgan fingerprint density at radius 3 is 2.13 bits per heavy atom. The van der Waals surface area contributed by atoms with Crippen molar-refractivity contribution in [3.63, 3.8) is 0 Å². The van der Waals surface area contributed by atoms with Crippen LogP contribution in [0.25, 0.3) is 0 Å². The van der Waals surface area contributed by atoms with Gasteiger partial charge in [0.05, 0.1) is 6.61 Å². The second-order valence-corrected chi connectivity index (χ2v) is 13.8. The molecule has 0 aromatic heterocycles. The topological polar surface area (TPSA) is 38.8 Å². The average Bonchev–Trinajstić information content (AvgIpc) is 3.16. The fraction of sp³-hybridized carbons (Fsp3) is 0.480. The Balaban J connectivity index is 1.60. The maximum Gasteiger partial charge on any atom is 0.410 e. The third-order valence-electron chi connectivity index (χ3n) is 6.69. The molecule has 2 fully saturated rings. The summed E-state index contributed by atoms with van der Waals surface area (Å²) in [6, 6.07) is 22.0. The molecule has 0 spiro atoms. The Hall–Kier alpha value is -2.11. The Kier molecular flexibility index (Phi) is 6.03. The average molecular weight is 424 g/mol. The minimum atomic E-state index is -2.52. The molecule has 0 aliphatic carbocycles. The standard InChI is InChI=1S/C25H33NO3Si/c1-25(2,3)30(22-10-6-4-7-11-22,23-12-8-5-9-13-23)29-19-17-21-15-14-20-16-18-28-24(27)26(20)21/h4-13,20-21H,14-19H2,1-3H3/t20-,21+/m0/s1. The van der Waals surface area contributed by atoms with Gasteiger partial charge in [0.15, 0.2) is 0 Å². The number of cyclic esters (lactones) is 1. The van der Waals surface area contributed by atoms with Crippen molar-refractivity contribution < 1.29 is 14.0 Å². The van der Waals surface area contributed by atoms with Crippen molar-refractivity contribution in [1.29, 1.82) is 0 Å². The number of amides is 1. The quantitative estimate of drug-likeness (QED) is 0.649. The lowest BCUT2D eigenvalue weighted by molar-refractivity contribution is 0.0422. The van der Waals surface area contributed by atoms with E-state index in [1.54, 1.807) is 0 Å². The van der Waals surface area contributed by atoms with Crippen LogP contribution in [-0.2, 0) is 9.16 Å². The van der Waals surface area contributed by atoms with Gasteiger partial charge in [-0.3, -0.25) is 0 Å². The number of carbonyl (C=O) groups is 1. The van der Waals surface area contributed by atoms with E-state index in [0.717, 1.165) is 25.7 Å². The van der Waals surface area contributed by atoms with Gasteiger partial charge in [-0.05, 0) is 34.7 Å². The van der Waals surface area contributed by atoms with Gasteiger partial charge in [0, 0.05) is 25.1 Å². The molecule has 0 N–H and O–H groups in total. The molecule has 2 aromatic carbocycles. The van der Waals surface area contributed by atoms with Crippen molar-refractivity contribution in [2.24, 2.45) is 0 Å². The molecule has 2 aromatic rings. The van der Waals surface area contributed by atoms with Gasteiger partial charge >= 0.3 is 6.09 Å². The zero-order chi connectivity index (χ0) is 21.2. The Labute approximate surface area is 181 Å². The number of hydrogen-bond donors (Lipinski definition) is 0. The molecule has 1 amide bonds. The number of carbonyl (C=O) groups excluding carboxylic acids is 1. The summed E-state index contributed by atoms with van der Waals surface area (Å²) in [6.45, 7) is 8.10. The Morgan fingerprint density at radius 1 is 0.967 bits per heavy atom. The van der Waals surface area contributed by atoms with E-state index in [2.05, 4.69) is 81.4 Å². The molecule has 0 radical (unpaired) electrons. The van der Waals surface area contributed by atoms with E-state index < -0.39 is 8.32 Å². The summed E-state index contributed by atoms with van der Waals surface area (Å²) in [5, 5.41) is 2.56. The lowest BCUT2D eigenvalue weighted by atomic mass is 10.1. The van der Waals surface area contributed by atoms with Gasteiger partial charge in [-0.1, -0.05) is 81.4 Å². The lowest BCUT2D eigenvalue weighted by Gasteiger charge is -2.43. The van der Waals surface area contributed by atoms with Crippen LogP contribution in [0, 0.1) is 0 Å². The van der Waals surface area contributed by atoms with E-state index in [0.29, 0.717) is 19.3 Å². The van der Waals surface area contributed by atoms with Crippen molar-refractivity contribution in [2.45, 2.75) is 63.6 Å². The largest absolute Gasteiger partial charge is 0.449 e. The van der Waals surface area contributed by atoms with Crippen LogP contribution in [0.2, 0.25) is 5.04 Å². The normalized spacial score (nSPS) is 22.0. The van der Waals surface area contributed by atoms with Crippen LogP contribution >= 0.6 is 0 Å². The van der Waals surface area contributed by atoms with Gasteiger partial charge in [0.1, 0.15) is 0 Å². The lowest BCUT2D eigenvalue weighted by Crippen LogP contribution is -2.66. The number of fused-ring (bicyclic) bond motifs is 1. The molecule has 4 nitrogen and oxygen atoms in total. The van der Waals surface area contributed by atoms with Gasteiger partial charge in [0.25, 0.3) is 8.32 Å². The predicted molar refractivity (Wildman–Crippen MR) is 123 cm³/mol. The molecule has 2 heterocycles. The molecule has 0 unspecified atom stereocenters. The van der Waals surface area contributed by atoms with Crippen LogP contribution in [0.5, 0.6) is 0 Å². The van der Waals surface area contributed by atoms with Crippen LogP contribution in [0.4, 0.5) is 4.79 Å². The zero-order valence-electron chi connectivity index (χ0n) is 18.3. The first kappa shape index (κ1) is 21.1. The van der Waals surface area contributed by atoms with Gasteiger partial charge in [0.2, 0.25) is 0 Å². The highest BCUT2D eigenvalue weighted by atomic mass is 28.4. The highest BCUT2D eigenvalue weighted by Crippen LogP contribution is 2.37. The van der Waals surface area contributed by atoms with Gasteiger partial charge in [-0.25, -0.2) is 4.79 Å². The monoisotopic (exact) mass is 423 g/mol. The summed E-state index contributed by atoms with van der Waals surface area (Å²) in [7, 11) is -2.52. The fourth-order valence-corrected chi connectivity index (χ4v) is 9.87. The molecular weight excluding hydrogens is 390 g/mol. The van der Waals surface area contributed by atoms with Gasteiger partial charge < -0.3 is 14.1 Å². The van der Waals surface area contributed by atoms with Crippen molar-refractivity contribution in [1.82, 2.24) is 4.90 Å². The predicted octanol–water partition coefficient (Wildman–Crippen LogP) is 4.33. The molecule has 160 valence electrons. The highest BCUT2D eigenvalue weighted by Gasteiger charge is 2.50. The maximum absolute atomic E-state index is 12.3. The van der Waals surface area contributed by atoms with E-state index in [1.165, 1.54) is 10.4 Å². The smallest absolute Gasteiger partial charge is 0.410 e. The van der Waals surface area contributed by atoms with Crippen LogP contribution in [0.3, 0.4) is 0 Å². The first-order chi connectivity index (χ1) is 14.4. The first-order valence-electron chi connectivity index (χ1n) is 11.1.